The Morgan fingerprint density at radius 2 is 1.95 bits per heavy atom. The molecule has 3 atom stereocenters. The number of nitrogens with one attached hydrogen (secondary N) is 1. The van der Waals surface area contributed by atoms with Crippen molar-refractivity contribution in [3.8, 4) is 0 Å². The Kier molecular flexibility index (Phi) is 4.97. The van der Waals surface area contributed by atoms with E-state index in [1.54, 1.807) is 0 Å². The van der Waals surface area contributed by atoms with Crippen LogP contribution in [0.25, 0.3) is 0 Å². The monoisotopic (exact) mass is 261 g/mol. The van der Waals surface area contributed by atoms with Gasteiger partial charge >= 0.3 is 5.97 Å². The van der Waals surface area contributed by atoms with Gasteiger partial charge in [0, 0.05) is 6.04 Å². The summed E-state index contributed by atoms with van der Waals surface area (Å²) in [5.74, 6) is 0.411. The van der Waals surface area contributed by atoms with E-state index in [1.807, 2.05) is 30.3 Å². The summed E-state index contributed by atoms with van der Waals surface area (Å²) in [6, 6.07) is 9.87. The van der Waals surface area contributed by atoms with Crippen LogP contribution >= 0.6 is 0 Å². The van der Waals surface area contributed by atoms with Crippen LogP contribution in [0.15, 0.2) is 30.3 Å². The van der Waals surface area contributed by atoms with Gasteiger partial charge in [0.1, 0.15) is 6.04 Å². The van der Waals surface area contributed by atoms with E-state index in [1.165, 1.54) is 26.4 Å². The summed E-state index contributed by atoms with van der Waals surface area (Å²) in [6.07, 6.45) is 4.92. The number of carbonyl (C=O) groups is 1. The summed E-state index contributed by atoms with van der Waals surface area (Å²) in [6.45, 7) is 2.26. The van der Waals surface area contributed by atoms with Crippen LogP contribution in [0.1, 0.15) is 44.2 Å². The number of methoxy groups -OCH3 is 1. The van der Waals surface area contributed by atoms with Crippen molar-refractivity contribution < 1.29 is 9.53 Å². The molecular weight excluding hydrogens is 238 g/mol. The maximum absolute atomic E-state index is 12.0. The van der Waals surface area contributed by atoms with Gasteiger partial charge in [0.2, 0.25) is 0 Å². The lowest BCUT2D eigenvalue weighted by Gasteiger charge is -2.32. The summed E-state index contributed by atoms with van der Waals surface area (Å²) < 4.78 is 4.94. The van der Waals surface area contributed by atoms with Gasteiger partial charge in [0.25, 0.3) is 0 Å². The zero-order valence-electron chi connectivity index (χ0n) is 11.8. The van der Waals surface area contributed by atoms with Crippen molar-refractivity contribution in [2.45, 2.75) is 44.7 Å². The first kappa shape index (κ1) is 14.1. The largest absolute Gasteiger partial charge is 0.468 e. The average molecular weight is 261 g/mol. The number of ether oxygens (including phenoxy) is 1. The van der Waals surface area contributed by atoms with Crippen LogP contribution in [0.3, 0.4) is 0 Å². The number of rotatable bonds is 4. The van der Waals surface area contributed by atoms with Crippen LogP contribution in [0, 0.1) is 5.92 Å². The smallest absolute Gasteiger partial charge is 0.327 e. The van der Waals surface area contributed by atoms with Crippen LogP contribution in [0.2, 0.25) is 0 Å². The second-order valence-corrected chi connectivity index (χ2v) is 5.40. The van der Waals surface area contributed by atoms with E-state index in [4.69, 9.17) is 4.74 Å². The van der Waals surface area contributed by atoms with Gasteiger partial charge in [-0.25, -0.2) is 4.79 Å². The molecule has 19 heavy (non-hydrogen) atoms. The molecule has 1 aliphatic rings. The fourth-order valence-electron chi connectivity index (χ4n) is 2.84. The van der Waals surface area contributed by atoms with E-state index in [2.05, 4.69) is 12.2 Å². The van der Waals surface area contributed by atoms with Gasteiger partial charge in [0.15, 0.2) is 0 Å². The third-order valence-electron chi connectivity index (χ3n) is 4.06. The van der Waals surface area contributed by atoms with Crippen molar-refractivity contribution in [2.24, 2.45) is 5.92 Å². The molecule has 1 aromatic rings. The molecule has 3 nitrogen and oxygen atoms in total. The first-order valence-corrected chi connectivity index (χ1v) is 7.11. The van der Waals surface area contributed by atoms with Crippen molar-refractivity contribution >= 4 is 5.97 Å². The average Bonchev–Trinajstić information content (AvgIpc) is 2.46. The van der Waals surface area contributed by atoms with E-state index in [0.717, 1.165) is 12.0 Å². The molecule has 1 N–H and O–H groups in total. The summed E-state index contributed by atoms with van der Waals surface area (Å²) in [4.78, 5) is 12.0. The topological polar surface area (TPSA) is 38.3 Å². The molecular formula is C16H23NO2. The Labute approximate surface area is 115 Å². The van der Waals surface area contributed by atoms with Crippen molar-refractivity contribution in [2.75, 3.05) is 7.11 Å². The lowest BCUT2D eigenvalue weighted by molar-refractivity contribution is -0.143. The second kappa shape index (κ2) is 6.71. The van der Waals surface area contributed by atoms with Gasteiger partial charge in [-0.3, -0.25) is 5.32 Å². The van der Waals surface area contributed by atoms with Crippen LogP contribution in [0.5, 0.6) is 0 Å². The number of hydrogen-bond donors (Lipinski definition) is 1. The van der Waals surface area contributed by atoms with Gasteiger partial charge in [-0.2, -0.15) is 0 Å². The van der Waals surface area contributed by atoms with E-state index in [9.17, 15) is 4.79 Å². The molecule has 0 radical (unpaired) electrons. The molecule has 0 unspecified atom stereocenters. The van der Waals surface area contributed by atoms with Crippen LogP contribution in [-0.2, 0) is 9.53 Å². The summed E-state index contributed by atoms with van der Waals surface area (Å²) in [7, 11) is 1.45. The highest BCUT2D eigenvalue weighted by atomic mass is 16.5. The van der Waals surface area contributed by atoms with Gasteiger partial charge in [0.05, 0.1) is 7.11 Å². The zero-order valence-corrected chi connectivity index (χ0v) is 11.8. The molecule has 2 rings (SSSR count). The predicted octanol–water partition coefficient (Wildman–Crippen LogP) is 3.07. The minimum atomic E-state index is -0.350. The number of benzene rings is 1. The highest BCUT2D eigenvalue weighted by Gasteiger charge is 2.28. The van der Waals surface area contributed by atoms with Crippen molar-refractivity contribution in [1.82, 2.24) is 5.32 Å². The van der Waals surface area contributed by atoms with E-state index in [-0.39, 0.29) is 12.0 Å². The first-order valence-electron chi connectivity index (χ1n) is 7.11. The molecule has 0 heterocycles. The molecule has 1 aromatic carbocycles. The number of esters is 1. The Morgan fingerprint density at radius 1 is 1.26 bits per heavy atom. The molecule has 0 saturated heterocycles. The predicted molar refractivity (Wildman–Crippen MR) is 75.8 cm³/mol. The maximum Gasteiger partial charge on any atom is 0.327 e. The summed E-state index contributed by atoms with van der Waals surface area (Å²) in [5.41, 5.74) is 0.979. The van der Waals surface area contributed by atoms with E-state index >= 15 is 0 Å². The Hall–Kier alpha value is -1.35. The Morgan fingerprint density at radius 3 is 2.58 bits per heavy atom. The highest BCUT2D eigenvalue weighted by molar-refractivity contribution is 5.77. The fraction of sp³-hybridized carbons (Fsp3) is 0.562. The summed E-state index contributed by atoms with van der Waals surface area (Å²) in [5, 5.41) is 3.50. The van der Waals surface area contributed by atoms with Crippen molar-refractivity contribution in [3.05, 3.63) is 35.9 Å². The van der Waals surface area contributed by atoms with Gasteiger partial charge in [-0.1, -0.05) is 50.1 Å². The molecule has 1 saturated carbocycles. The standard InChI is InChI=1S/C16H23NO2/c1-12-8-6-7-11-14(12)17-15(16(18)19-2)13-9-4-3-5-10-13/h3-5,9-10,12,14-15,17H,6-8,11H2,1-2H3/t12-,14+,15+/m0/s1. The molecule has 0 aliphatic heterocycles. The number of hydrogen-bond acceptors (Lipinski definition) is 3. The van der Waals surface area contributed by atoms with Gasteiger partial charge < -0.3 is 4.74 Å². The fourth-order valence-corrected chi connectivity index (χ4v) is 2.84. The third-order valence-corrected chi connectivity index (χ3v) is 4.06. The molecule has 1 fully saturated rings. The quantitative estimate of drug-likeness (QED) is 0.847. The molecule has 0 bridgehead atoms. The minimum Gasteiger partial charge on any atom is -0.468 e. The van der Waals surface area contributed by atoms with Gasteiger partial charge in [-0.05, 0) is 24.3 Å². The molecule has 0 amide bonds. The lowest BCUT2D eigenvalue weighted by Crippen LogP contribution is -2.42. The molecule has 0 aromatic heterocycles. The van der Waals surface area contributed by atoms with Gasteiger partial charge in [-0.15, -0.1) is 0 Å². The highest BCUT2D eigenvalue weighted by Crippen LogP contribution is 2.26. The van der Waals surface area contributed by atoms with Crippen LogP contribution in [0.4, 0.5) is 0 Å². The van der Waals surface area contributed by atoms with E-state index < -0.39 is 0 Å². The second-order valence-electron chi connectivity index (χ2n) is 5.40. The summed E-state index contributed by atoms with van der Waals surface area (Å²) >= 11 is 0. The zero-order chi connectivity index (χ0) is 13.7. The lowest BCUT2D eigenvalue weighted by atomic mass is 9.85. The Balaban J connectivity index is 2.12. The van der Waals surface area contributed by atoms with E-state index in [0.29, 0.717) is 12.0 Å². The maximum atomic E-state index is 12.0. The normalized spacial score (nSPS) is 24.7. The molecule has 1 aliphatic carbocycles. The number of carbonyl (C=O) groups excluding carboxylic acids is 1. The Bertz CT molecular complexity index is 404. The molecule has 104 valence electrons. The molecule has 3 heteroatoms. The first-order chi connectivity index (χ1) is 9.22. The molecule has 0 spiro atoms. The SMILES string of the molecule is COC(=O)[C@H](N[C@@H]1CCCC[C@@H]1C)c1ccccc1. The van der Waals surface area contributed by atoms with Crippen LogP contribution < -0.4 is 5.32 Å². The minimum absolute atomic E-state index is 0.205. The third kappa shape index (κ3) is 3.57. The van der Waals surface area contributed by atoms with Crippen molar-refractivity contribution in [3.63, 3.8) is 0 Å². The van der Waals surface area contributed by atoms with Crippen molar-refractivity contribution in [1.29, 1.82) is 0 Å². The van der Waals surface area contributed by atoms with Crippen LogP contribution in [-0.4, -0.2) is 19.1 Å².